The monoisotopic (exact) mass is 327 g/mol. The Morgan fingerprint density at radius 1 is 1.08 bits per heavy atom. The maximum absolute atomic E-state index is 12.3. The fraction of sp³-hybridized carbons (Fsp3) is 0.263. The van der Waals surface area contributed by atoms with Gasteiger partial charge in [-0.1, -0.05) is 24.3 Å². The van der Waals surface area contributed by atoms with Crippen LogP contribution in [0.1, 0.15) is 32.7 Å². The Morgan fingerprint density at radius 2 is 1.79 bits per heavy atom. The molecule has 0 heterocycles. The molecule has 0 aliphatic carbocycles. The number of benzene rings is 2. The molecule has 0 bridgehead atoms. The summed E-state index contributed by atoms with van der Waals surface area (Å²) in [6, 6.07) is 13.8. The molecule has 1 amide bonds. The van der Waals surface area contributed by atoms with Gasteiger partial charge in [-0.05, 0) is 43.2 Å². The Bertz CT molecular complexity index is 727. The molecule has 2 aromatic carbocycles. The summed E-state index contributed by atoms with van der Waals surface area (Å²) in [7, 11) is 1.70. The van der Waals surface area contributed by atoms with Gasteiger partial charge in [0.25, 0.3) is 5.91 Å². The number of hydrogen-bond acceptors (Lipinski definition) is 3. The SMILES string of the molecule is Cc1ccccc1OCCCN(C)C(=O)c1cccc(C(=O)O)c1. The van der Waals surface area contributed by atoms with Crippen molar-refractivity contribution < 1.29 is 19.4 Å². The molecule has 1 N–H and O–H groups in total. The number of nitrogens with zero attached hydrogens (tertiary/aromatic N) is 1. The largest absolute Gasteiger partial charge is 0.493 e. The van der Waals surface area contributed by atoms with Crippen LogP contribution in [0, 0.1) is 6.92 Å². The predicted octanol–water partition coefficient (Wildman–Crippen LogP) is 3.23. The quantitative estimate of drug-likeness (QED) is 0.793. The van der Waals surface area contributed by atoms with Gasteiger partial charge in [0.15, 0.2) is 0 Å². The summed E-state index contributed by atoms with van der Waals surface area (Å²) in [5, 5.41) is 8.99. The van der Waals surface area contributed by atoms with Gasteiger partial charge in [0.05, 0.1) is 12.2 Å². The number of para-hydroxylation sites is 1. The lowest BCUT2D eigenvalue weighted by Crippen LogP contribution is -2.28. The van der Waals surface area contributed by atoms with Gasteiger partial charge in [0.1, 0.15) is 5.75 Å². The van der Waals surface area contributed by atoms with E-state index in [0.29, 0.717) is 25.1 Å². The Labute approximate surface area is 141 Å². The van der Waals surface area contributed by atoms with Crippen LogP contribution in [0.25, 0.3) is 0 Å². The molecule has 2 aromatic rings. The second-order valence-electron chi connectivity index (χ2n) is 5.58. The number of carboxylic acids is 1. The maximum atomic E-state index is 12.3. The molecular weight excluding hydrogens is 306 g/mol. The number of amides is 1. The topological polar surface area (TPSA) is 66.8 Å². The van der Waals surface area contributed by atoms with Crippen LogP contribution in [0.4, 0.5) is 0 Å². The van der Waals surface area contributed by atoms with Crippen LogP contribution in [0.15, 0.2) is 48.5 Å². The summed E-state index contributed by atoms with van der Waals surface area (Å²) in [4.78, 5) is 24.9. The van der Waals surface area contributed by atoms with Crippen molar-refractivity contribution in [3.8, 4) is 5.75 Å². The summed E-state index contributed by atoms with van der Waals surface area (Å²) in [6.45, 7) is 3.03. The highest BCUT2D eigenvalue weighted by molar-refractivity contribution is 5.97. The van der Waals surface area contributed by atoms with E-state index in [9.17, 15) is 9.59 Å². The molecule has 5 nitrogen and oxygen atoms in total. The van der Waals surface area contributed by atoms with Crippen molar-refractivity contribution in [3.05, 3.63) is 65.2 Å². The number of carboxylic acid groups (broad SMARTS) is 1. The molecule has 0 aliphatic heterocycles. The molecule has 0 saturated heterocycles. The highest BCUT2D eigenvalue weighted by Crippen LogP contribution is 2.16. The standard InChI is InChI=1S/C19H21NO4/c1-14-7-3-4-10-17(14)24-12-6-11-20(2)18(21)15-8-5-9-16(13-15)19(22)23/h3-5,7-10,13H,6,11-12H2,1-2H3,(H,22,23). The minimum atomic E-state index is -1.04. The first-order valence-corrected chi connectivity index (χ1v) is 7.76. The molecule has 0 spiro atoms. The predicted molar refractivity (Wildman–Crippen MR) is 91.7 cm³/mol. The van der Waals surface area contributed by atoms with Crippen molar-refractivity contribution in [2.45, 2.75) is 13.3 Å². The van der Waals surface area contributed by atoms with Crippen LogP contribution < -0.4 is 4.74 Å². The Morgan fingerprint density at radius 3 is 2.50 bits per heavy atom. The van der Waals surface area contributed by atoms with Crippen LogP contribution >= 0.6 is 0 Å². The third-order valence-corrected chi connectivity index (χ3v) is 3.69. The van der Waals surface area contributed by atoms with Gasteiger partial charge in [0, 0.05) is 19.2 Å². The second kappa shape index (κ2) is 8.15. The minimum absolute atomic E-state index is 0.108. The van der Waals surface area contributed by atoms with Gasteiger partial charge in [-0.15, -0.1) is 0 Å². The van der Waals surface area contributed by atoms with Gasteiger partial charge in [-0.2, -0.15) is 0 Å². The number of rotatable bonds is 7. The highest BCUT2D eigenvalue weighted by Gasteiger charge is 2.13. The Kier molecular flexibility index (Phi) is 5.95. The van der Waals surface area contributed by atoms with E-state index in [4.69, 9.17) is 9.84 Å². The molecule has 0 unspecified atom stereocenters. The zero-order chi connectivity index (χ0) is 17.5. The van der Waals surface area contributed by atoms with Gasteiger partial charge in [0.2, 0.25) is 0 Å². The van der Waals surface area contributed by atoms with Gasteiger partial charge < -0.3 is 14.7 Å². The average molecular weight is 327 g/mol. The van der Waals surface area contributed by atoms with Crippen LogP contribution in [-0.4, -0.2) is 42.1 Å². The van der Waals surface area contributed by atoms with E-state index in [0.717, 1.165) is 11.3 Å². The number of hydrogen-bond donors (Lipinski definition) is 1. The van der Waals surface area contributed by atoms with Crippen molar-refractivity contribution in [1.82, 2.24) is 4.90 Å². The summed E-state index contributed by atoms with van der Waals surface area (Å²) in [5.41, 5.74) is 1.56. The van der Waals surface area contributed by atoms with Crippen molar-refractivity contribution in [2.24, 2.45) is 0 Å². The van der Waals surface area contributed by atoms with E-state index < -0.39 is 5.97 Å². The van der Waals surface area contributed by atoms with Crippen LogP contribution in [0.3, 0.4) is 0 Å². The first-order chi connectivity index (χ1) is 11.5. The number of ether oxygens (including phenoxy) is 1. The van der Waals surface area contributed by atoms with Crippen LogP contribution in [-0.2, 0) is 0 Å². The second-order valence-corrected chi connectivity index (χ2v) is 5.58. The molecule has 0 aromatic heterocycles. The molecule has 126 valence electrons. The minimum Gasteiger partial charge on any atom is -0.493 e. The van der Waals surface area contributed by atoms with E-state index in [1.165, 1.54) is 12.1 Å². The average Bonchev–Trinajstić information content (AvgIpc) is 2.59. The van der Waals surface area contributed by atoms with Crippen molar-refractivity contribution in [2.75, 3.05) is 20.2 Å². The van der Waals surface area contributed by atoms with E-state index in [2.05, 4.69) is 0 Å². The molecule has 0 saturated carbocycles. The Balaban J connectivity index is 1.85. The first-order valence-electron chi connectivity index (χ1n) is 7.76. The van der Waals surface area contributed by atoms with E-state index >= 15 is 0 Å². The molecule has 0 atom stereocenters. The lowest BCUT2D eigenvalue weighted by molar-refractivity contribution is 0.0697. The first kappa shape index (κ1) is 17.5. The number of aryl methyl sites for hydroxylation is 1. The number of carbonyl (C=O) groups excluding carboxylic acids is 1. The highest BCUT2D eigenvalue weighted by atomic mass is 16.5. The van der Waals surface area contributed by atoms with E-state index in [1.54, 1.807) is 24.1 Å². The van der Waals surface area contributed by atoms with Crippen molar-refractivity contribution in [3.63, 3.8) is 0 Å². The molecule has 0 fully saturated rings. The summed E-state index contributed by atoms with van der Waals surface area (Å²) in [6.07, 6.45) is 0.690. The molecule has 2 rings (SSSR count). The molecular formula is C19H21NO4. The van der Waals surface area contributed by atoms with E-state index in [1.807, 2.05) is 31.2 Å². The molecule has 24 heavy (non-hydrogen) atoms. The van der Waals surface area contributed by atoms with Crippen molar-refractivity contribution >= 4 is 11.9 Å². The lowest BCUT2D eigenvalue weighted by Gasteiger charge is -2.18. The summed E-state index contributed by atoms with van der Waals surface area (Å²) in [5.74, 6) is -0.395. The lowest BCUT2D eigenvalue weighted by atomic mass is 10.1. The third-order valence-electron chi connectivity index (χ3n) is 3.69. The van der Waals surface area contributed by atoms with E-state index in [-0.39, 0.29) is 11.5 Å². The smallest absolute Gasteiger partial charge is 0.335 e. The fourth-order valence-electron chi connectivity index (χ4n) is 2.31. The molecule has 0 aliphatic rings. The summed E-state index contributed by atoms with van der Waals surface area (Å²) >= 11 is 0. The van der Waals surface area contributed by atoms with Crippen LogP contribution in [0.5, 0.6) is 5.75 Å². The maximum Gasteiger partial charge on any atom is 0.335 e. The molecule has 0 radical (unpaired) electrons. The normalized spacial score (nSPS) is 10.2. The third kappa shape index (κ3) is 4.59. The van der Waals surface area contributed by atoms with Crippen molar-refractivity contribution in [1.29, 1.82) is 0 Å². The zero-order valence-corrected chi connectivity index (χ0v) is 13.9. The number of carbonyl (C=O) groups is 2. The van der Waals surface area contributed by atoms with Gasteiger partial charge in [-0.25, -0.2) is 4.79 Å². The van der Waals surface area contributed by atoms with Crippen LogP contribution in [0.2, 0.25) is 0 Å². The summed E-state index contributed by atoms with van der Waals surface area (Å²) < 4.78 is 5.71. The molecule has 5 heteroatoms. The Hall–Kier alpha value is -2.82. The van der Waals surface area contributed by atoms with Gasteiger partial charge >= 0.3 is 5.97 Å². The fourth-order valence-corrected chi connectivity index (χ4v) is 2.31. The van der Waals surface area contributed by atoms with Gasteiger partial charge in [-0.3, -0.25) is 4.79 Å². The zero-order valence-electron chi connectivity index (χ0n) is 13.9. The number of aromatic carboxylic acids is 1.